The van der Waals surface area contributed by atoms with Gasteiger partial charge in [-0.2, -0.15) is 0 Å². The van der Waals surface area contributed by atoms with Gasteiger partial charge in [-0.25, -0.2) is 0 Å². The van der Waals surface area contributed by atoms with Crippen LogP contribution in [0.15, 0.2) is 0 Å². The van der Waals surface area contributed by atoms with Crippen molar-refractivity contribution in [2.75, 3.05) is 0 Å². The Morgan fingerprint density at radius 2 is 0.640 bits per heavy atom. The first-order chi connectivity index (χ1) is 10.2. The van der Waals surface area contributed by atoms with Crippen LogP contribution in [0.1, 0.15) is 19.3 Å². The summed E-state index contributed by atoms with van der Waals surface area (Å²) in [6, 6.07) is 0. The zero-order valence-electron chi connectivity index (χ0n) is 11.5. The SMILES string of the molecule is O=C([O-])CC(I)(I)I.O=C([O-])CC(I)(I)I.O=C([O-])CC(I)(I)I.[In+3]. The van der Waals surface area contributed by atoms with E-state index in [1.54, 1.807) is 0 Å². The van der Waals surface area contributed by atoms with Crippen LogP contribution in [-0.2, 0) is 14.4 Å². The van der Waals surface area contributed by atoms with E-state index < -0.39 is 17.9 Å². The number of carbonyl (C=O) groups excluding carboxylic acids is 3. The largest absolute Gasteiger partial charge is 3.00 e. The molecular formula is C9H6I9InO6. The van der Waals surface area contributed by atoms with E-state index >= 15 is 0 Å². The van der Waals surface area contributed by atoms with E-state index in [1.807, 2.05) is 203 Å². The molecule has 0 saturated heterocycles. The van der Waals surface area contributed by atoms with Crippen LogP contribution in [-0.4, -0.2) is 42.1 Å². The van der Waals surface area contributed by atoms with E-state index in [-0.39, 0.29) is 43.4 Å². The number of hydrogen-bond donors (Lipinski definition) is 0. The second kappa shape index (κ2) is 19.3. The maximum Gasteiger partial charge on any atom is 3.00 e. The van der Waals surface area contributed by atoms with E-state index in [0.29, 0.717) is 0 Å². The van der Waals surface area contributed by atoms with E-state index in [9.17, 15) is 29.7 Å². The van der Waals surface area contributed by atoms with Crippen molar-refractivity contribution in [3.05, 3.63) is 0 Å². The summed E-state index contributed by atoms with van der Waals surface area (Å²) in [5.74, 6) is -2.99. The average Bonchev–Trinajstić information content (AvgIpc) is 2.04. The van der Waals surface area contributed by atoms with Crippen molar-refractivity contribution in [1.82, 2.24) is 0 Å². The van der Waals surface area contributed by atoms with Gasteiger partial charge in [0.25, 0.3) is 0 Å². The zero-order chi connectivity index (χ0) is 20.4. The molecule has 0 bridgehead atoms. The van der Waals surface area contributed by atoms with Crippen molar-refractivity contribution in [2.24, 2.45) is 0 Å². The molecule has 0 unspecified atom stereocenters. The molecule has 0 amide bonds. The monoisotopic (exact) mass is 1470 g/mol. The van der Waals surface area contributed by atoms with Gasteiger partial charge in [0.2, 0.25) is 0 Å². The predicted octanol–water partition coefficient (Wildman–Crippen LogP) is 2.87. The van der Waals surface area contributed by atoms with E-state index in [0.717, 1.165) is 0 Å². The van der Waals surface area contributed by atoms with Crippen molar-refractivity contribution in [3.63, 3.8) is 0 Å². The van der Waals surface area contributed by atoms with Gasteiger partial charge in [0.1, 0.15) is -1.69 Å². The minimum absolute atomic E-state index is 0. The number of carboxylic acids is 3. The maximum atomic E-state index is 9.89. The third-order valence-electron chi connectivity index (χ3n) is 1.03. The number of rotatable bonds is 6. The fourth-order valence-corrected chi connectivity index (χ4v) is 3.29. The number of carbonyl (C=O) groups is 3. The molecule has 6 nitrogen and oxygen atoms in total. The van der Waals surface area contributed by atoms with Gasteiger partial charge in [-0.15, -0.1) is 0 Å². The van der Waals surface area contributed by atoms with Crippen LogP contribution >= 0.6 is 203 Å². The second-order valence-corrected chi connectivity index (χ2v) is 38.6. The van der Waals surface area contributed by atoms with Crippen LogP contribution in [0.25, 0.3) is 0 Å². The molecule has 0 N–H and O–H groups in total. The number of hydrogen-bond acceptors (Lipinski definition) is 6. The van der Waals surface area contributed by atoms with Gasteiger partial charge in [0.05, 0.1) is 0 Å². The molecule has 0 atom stereocenters. The molecule has 0 aliphatic heterocycles. The number of aliphatic carboxylic acids is 3. The molecular weight excluding hydrogens is 1460 g/mol. The zero-order valence-corrected chi connectivity index (χ0v) is 34.3. The molecule has 0 radical (unpaired) electrons. The molecule has 0 aromatic rings. The molecule has 0 spiro atoms. The standard InChI is InChI=1S/3C3H3I3O2.In/c3*4-3(5,6)1-2(7)8;/h3*1H2,(H,7,8);/q;;;+3/p-3. The number of halogens is 9. The minimum atomic E-state index is -0.997. The average molecular weight is 1470 g/mol. The maximum absolute atomic E-state index is 9.89. The van der Waals surface area contributed by atoms with Crippen LogP contribution in [0.2, 0.25) is 0 Å². The van der Waals surface area contributed by atoms with Crippen LogP contribution in [0.5, 0.6) is 0 Å². The molecule has 0 rings (SSSR count). The van der Waals surface area contributed by atoms with Gasteiger partial charge in [0, 0.05) is 37.2 Å². The quantitative estimate of drug-likeness (QED) is 0.299. The Labute approximate surface area is 287 Å². The van der Waals surface area contributed by atoms with Gasteiger partial charge in [0.15, 0.2) is 0 Å². The summed E-state index contributed by atoms with van der Waals surface area (Å²) in [6.07, 6.45) is 0.276. The smallest absolute Gasteiger partial charge is 0.550 e. The van der Waals surface area contributed by atoms with Gasteiger partial charge in [-0.3, -0.25) is 0 Å². The van der Waals surface area contributed by atoms with E-state index in [2.05, 4.69) is 0 Å². The Balaban J connectivity index is -0.000000130. The van der Waals surface area contributed by atoms with Crippen molar-refractivity contribution < 1.29 is 29.7 Å². The molecule has 0 aliphatic carbocycles. The second-order valence-electron chi connectivity index (χ2n) is 3.49. The summed E-state index contributed by atoms with van der Waals surface area (Å²) in [7, 11) is 0. The summed E-state index contributed by atoms with van der Waals surface area (Å²) in [5, 5.41) is 29.7. The van der Waals surface area contributed by atoms with Crippen LogP contribution in [0.4, 0.5) is 0 Å². The number of carboxylic acid groups (broad SMARTS) is 3. The first-order valence-corrected chi connectivity index (χ1v) is 14.8. The molecule has 0 aliphatic rings. The van der Waals surface area contributed by atoms with Crippen molar-refractivity contribution >= 4 is 247 Å². The van der Waals surface area contributed by atoms with Crippen LogP contribution in [0, 0.1) is 0 Å². The molecule has 0 heterocycles. The molecule has 0 saturated carbocycles. The Morgan fingerprint density at radius 1 is 0.520 bits per heavy atom. The fourth-order valence-electron chi connectivity index (χ4n) is 0.491. The normalized spacial score (nSPS) is 10.9. The van der Waals surface area contributed by atoms with E-state index in [4.69, 9.17) is 0 Å². The van der Waals surface area contributed by atoms with Crippen molar-refractivity contribution in [3.8, 4) is 0 Å². The molecule has 0 aromatic carbocycles. The Kier molecular flexibility index (Phi) is 29.5. The summed E-state index contributed by atoms with van der Waals surface area (Å²) < 4.78 is -0.690. The van der Waals surface area contributed by atoms with Crippen molar-refractivity contribution in [1.29, 1.82) is 0 Å². The molecule has 0 fully saturated rings. The van der Waals surface area contributed by atoms with Gasteiger partial charge < -0.3 is 29.7 Å². The Bertz CT molecular complexity index is 353. The van der Waals surface area contributed by atoms with Crippen LogP contribution in [0.3, 0.4) is 0 Å². The number of alkyl halides is 9. The molecule has 25 heavy (non-hydrogen) atoms. The molecule has 16 heteroatoms. The minimum Gasteiger partial charge on any atom is -0.550 e. The summed E-state index contributed by atoms with van der Waals surface area (Å²) in [5.41, 5.74) is 0. The predicted molar refractivity (Wildman–Crippen MR) is 169 cm³/mol. The fraction of sp³-hybridized carbons (Fsp3) is 0.667. The Morgan fingerprint density at radius 3 is 0.640 bits per heavy atom. The molecule has 144 valence electrons. The van der Waals surface area contributed by atoms with Crippen LogP contribution < -0.4 is 15.3 Å². The first kappa shape index (κ1) is 38.1. The van der Waals surface area contributed by atoms with Gasteiger partial charge >= 0.3 is 25.8 Å². The first-order valence-electron chi connectivity index (χ1n) is 5.05. The summed E-state index contributed by atoms with van der Waals surface area (Å²) in [6.45, 7) is 0. The Hall–Kier alpha value is 5.85. The van der Waals surface area contributed by atoms with Gasteiger partial charge in [-0.1, -0.05) is 203 Å². The summed E-state index contributed by atoms with van der Waals surface area (Å²) >= 11 is 18.4. The third kappa shape index (κ3) is 53.3. The topological polar surface area (TPSA) is 120 Å². The summed E-state index contributed by atoms with van der Waals surface area (Å²) in [4.78, 5) is 29.7. The van der Waals surface area contributed by atoms with Gasteiger partial charge in [-0.05, 0) is 0 Å². The van der Waals surface area contributed by atoms with Crippen molar-refractivity contribution in [2.45, 2.75) is 17.6 Å². The van der Waals surface area contributed by atoms with E-state index in [1.165, 1.54) is 0 Å². The third-order valence-corrected chi connectivity index (χ3v) is 4.47. The molecule has 0 aromatic heterocycles.